The number of carbonyl (C=O) groups is 3. The minimum atomic E-state index is -5.07. The summed E-state index contributed by atoms with van der Waals surface area (Å²) in [6.07, 6.45) is -5.25. The molecule has 0 saturated heterocycles. The van der Waals surface area contributed by atoms with Crippen LogP contribution in [0.1, 0.15) is 16.7 Å². The fraction of sp³-hybridized carbons (Fsp3) is 0.250. The lowest BCUT2D eigenvalue weighted by Gasteiger charge is -2.30. The van der Waals surface area contributed by atoms with Crippen LogP contribution >= 0.6 is 0 Å². The first-order valence-corrected chi connectivity index (χ1v) is 11.3. The first-order valence-electron chi connectivity index (χ1n) is 11.3. The highest BCUT2D eigenvalue weighted by Gasteiger charge is 2.55. The van der Waals surface area contributed by atoms with E-state index in [2.05, 4.69) is 0 Å². The van der Waals surface area contributed by atoms with Crippen molar-refractivity contribution in [3.8, 4) is 0 Å². The Morgan fingerprint density at radius 2 is 1.08 bits per heavy atom. The van der Waals surface area contributed by atoms with Gasteiger partial charge in [0.2, 0.25) is 0 Å². The molecule has 8 heteroatoms. The summed E-state index contributed by atoms with van der Waals surface area (Å²) in [5, 5.41) is 0. The van der Waals surface area contributed by atoms with Crippen LogP contribution in [-0.2, 0) is 43.5 Å². The summed E-state index contributed by atoms with van der Waals surface area (Å²) in [4.78, 5) is 37.9. The second-order valence-electron chi connectivity index (χ2n) is 8.22. The number of rotatable bonds is 11. The van der Waals surface area contributed by atoms with Gasteiger partial charge in [0.1, 0.15) is 19.5 Å². The molecule has 0 radical (unpaired) electrons. The van der Waals surface area contributed by atoms with E-state index in [1.165, 1.54) is 0 Å². The zero-order valence-corrected chi connectivity index (χ0v) is 19.3. The van der Waals surface area contributed by atoms with Crippen molar-refractivity contribution in [2.75, 3.05) is 0 Å². The van der Waals surface area contributed by atoms with E-state index in [0.717, 1.165) is 0 Å². The lowest BCUT2D eigenvalue weighted by molar-refractivity contribution is -0.216. The van der Waals surface area contributed by atoms with E-state index in [4.69, 9.17) is 9.47 Å². The van der Waals surface area contributed by atoms with Crippen molar-refractivity contribution in [2.24, 2.45) is 17.8 Å². The molecule has 0 aliphatic rings. The normalized spacial score (nSPS) is 13.0. The second-order valence-corrected chi connectivity index (χ2v) is 8.22. The Balaban J connectivity index is 1.90. The van der Waals surface area contributed by atoms with Crippen LogP contribution in [0.25, 0.3) is 0 Å². The van der Waals surface area contributed by atoms with E-state index in [0.29, 0.717) is 16.7 Å². The summed E-state index contributed by atoms with van der Waals surface area (Å²) < 4.78 is 53.4. The summed E-state index contributed by atoms with van der Waals surface area (Å²) in [6.45, 7) is -0.672. The molecule has 0 heterocycles. The van der Waals surface area contributed by atoms with E-state index in [9.17, 15) is 27.6 Å². The van der Waals surface area contributed by atoms with Gasteiger partial charge in [0.25, 0.3) is 0 Å². The molecule has 0 N–H and O–H groups in total. The maximum Gasteiger partial charge on any atom is 0.393 e. The van der Waals surface area contributed by atoms with Crippen LogP contribution in [-0.4, -0.2) is 24.4 Å². The third-order valence-corrected chi connectivity index (χ3v) is 5.64. The summed E-state index contributed by atoms with van der Waals surface area (Å²) in [7, 11) is 0. The van der Waals surface area contributed by atoms with Crippen LogP contribution < -0.4 is 0 Å². The van der Waals surface area contributed by atoms with Crippen molar-refractivity contribution in [3.63, 3.8) is 0 Å². The lowest BCUT2D eigenvalue weighted by atomic mass is 9.78. The number of benzene rings is 3. The van der Waals surface area contributed by atoms with Gasteiger partial charge in [-0.25, -0.2) is 0 Å². The van der Waals surface area contributed by atoms with Gasteiger partial charge in [-0.1, -0.05) is 91.0 Å². The second kappa shape index (κ2) is 12.7. The molecule has 0 fully saturated rings. The van der Waals surface area contributed by atoms with E-state index in [1.54, 1.807) is 91.0 Å². The van der Waals surface area contributed by atoms with Gasteiger partial charge < -0.3 is 14.3 Å². The summed E-state index contributed by atoms with van der Waals surface area (Å²) in [5.74, 6) is -9.54. The van der Waals surface area contributed by atoms with Crippen LogP contribution in [0, 0.1) is 17.8 Å². The third kappa shape index (κ3) is 7.53. The number of aldehydes is 1. The molecule has 3 aromatic carbocycles. The van der Waals surface area contributed by atoms with E-state index in [-0.39, 0.29) is 25.9 Å². The Morgan fingerprint density at radius 1 is 0.694 bits per heavy atom. The minimum Gasteiger partial charge on any atom is -0.460 e. The van der Waals surface area contributed by atoms with Crippen LogP contribution in [0.4, 0.5) is 13.2 Å². The topological polar surface area (TPSA) is 69.7 Å². The molecule has 3 rings (SSSR count). The van der Waals surface area contributed by atoms with Crippen molar-refractivity contribution < 1.29 is 37.0 Å². The maximum atomic E-state index is 14.4. The van der Waals surface area contributed by atoms with Gasteiger partial charge in [0.05, 0.1) is 5.92 Å². The third-order valence-electron chi connectivity index (χ3n) is 5.64. The number of alkyl halides is 3. The summed E-state index contributed by atoms with van der Waals surface area (Å²) in [5.41, 5.74) is 1.52. The molecule has 0 amide bonds. The van der Waals surface area contributed by atoms with Gasteiger partial charge in [0, 0.05) is 5.92 Å². The fourth-order valence-corrected chi connectivity index (χ4v) is 3.85. The minimum absolute atomic E-state index is 0.132. The van der Waals surface area contributed by atoms with E-state index < -0.39 is 35.9 Å². The maximum absolute atomic E-state index is 14.4. The average molecular weight is 498 g/mol. The number of hydrogen-bond donors (Lipinski definition) is 0. The fourth-order valence-electron chi connectivity index (χ4n) is 3.85. The van der Waals surface area contributed by atoms with Crippen LogP contribution in [0.3, 0.4) is 0 Å². The summed E-state index contributed by atoms with van der Waals surface area (Å²) >= 11 is 0. The molecular weight excluding hydrogens is 473 g/mol. The first-order chi connectivity index (χ1) is 17.3. The molecule has 188 valence electrons. The van der Waals surface area contributed by atoms with Gasteiger partial charge in [0.15, 0.2) is 5.92 Å². The number of esters is 2. The molecule has 0 bridgehead atoms. The molecule has 2 atom stereocenters. The predicted octanol–water partition coefficient (Wildman–Crippen LogP) is 5.33. The highest BCUT2D eigenvalue weighted by molar-refractivity contribution is 5.95. The van der Waals surface area contributed by atoms with Crippen molar-refractivity contribution in [1.82, 2.24) is 0 Å². The molecule has 36 heavy (non-hydrogen) atoms. The smallest absolute Gasteiger partial charge is 0.393 e. The molecule has 0 aromatic heterocycles. The van der Waals surface area contributed by atoms with E-state index >= 15 is 0 Å². The molecule has 0 aliphatic heterocycles. The van der Waals surface area contributed by atoms with Crippen LogP contribution in [0.5, 0.6) is 0 Å². The van der Waals surface area contributed by atoms with Crippen molar-refractivity contribution >= 4 is 18.2 Å². The highest BCUT2D eigenvalue weighted by Crippen LogP contribution is 2.40. The van der Waals surface area contributed by atoms with Crippen molar-refractivity contribution in [1.29, 1.82) is 0 Å². The van der Waals surface area contributed by atoms with Gasteiger partial charge in [-0.15, -0.1) is 0 Å². The van der Waals surface area contributed by atoms with Gasteiger partial charge in [-0.05, 0) is 23.1 Å². The molecule has 0 spiro atoms. The Hall–Kier alpha value is -3.94. The van der Waals surface area contributed by atoms with Crippen LogP contribution in [0.2, 0.25) is 0 Å². The monoisotopic (exact) mass is 498 g/mol. The van der Waals surface area contributed by atoms with Crippen molar-refractivity contribution in [3.05, 3.63) is 108 Å². The molecule has 0 saturated carbocycles. The Kier molecular flexibility index (Phi) is 9.39. The molecule has 3 aromatic rings. The average Bonchev–Trinajstić information content (AvgIpc) is 2.89. The van der Waals surface area contributed by atoms with Gasteiger partial charge >= 0.3 is 18.1 Å². The molecule has 0 aliphatic carbocycles. The SMILES string of the molecule is O=C[C@H](Cc1ccccc1)[C@H](C(C(=O)OCc1ccccc1)C(=O)OCc1ccccc1)C(F)(F)F. The van der Waals surface area contributed by atoms with Gasteiger partial charge in [-0.3, -0.25) is 9.59 Å². The lowest BCUT2D eigenvalue weighted by Crippen LogP contribution is -2.46. The number of hydrogen-bond acceptors (Lipinski definition) is 5. The number of carbonyl (C=O) groups excluding carboxylic acids is 3. The zero-order chi connectivity index (χ0) is 26.0. The standard InChI is InChI=1S/C28H25F3O5/c29-28(30,31)25(23(17-32)16-20-10-4-1-5-11-20)24(26(33)35-18-21-12-6-2-7-13-21)27(34)36-19-22-14-8-3-9-15-22/h1-15,17,23-25H,16,18-19H2/t23-,25+/m0/s1. The molecule has 0 unspecified atom stereocenters. The quantitative estimate of drug-likeness (QED) is 0.203. The Bertz CT molecular complexity index is 1060. The van der Waals surface area contributed by atoms with Crippen LogP contribution in [0.15, 0.2) is 91.0 Å². The Labute approximate surface area is 206 Å². The Morgan fingerprint density at radius 3 is 1.44 bits per heavy atom. The summed E-state index contributed by atoms with van der Waals surface area (Å²) in [6, 6.07) is 24.7. The predicted molar refractivity (Wildman–Crippen MR) is 125 cm³/mol. The first kappa shape index (κ1) is 26.7. The number of halogens is 3. The molecular formula is C28H25F3O5. The molecule has 5 nitrogen and oxygen atoms in total. The highest BCUT2D eigenvalue weighted by atomic mass is 19.4. The van der Waals surface area contributed by atoms with Crippen molar-refractivity contribution in [2.45, 2.75) is 25.8 Å². The largest absolute Gasteiger partial charge is 0.460 e. The van der Waals surface area contributed by atoms with Gasteiger partial charge in [-0.2, -0.15) is 13.2 Å². The number of ether oxygens (including phenoxy) is 2. The zero-order valence-electron chi connectivity index (χ0n) is 19.3. The van der Waals surface area contributed by atoms with E-state index in [1.807, 2.05) is 0 Å².